The van der Waals surface area contributed by atoms with E-state index in [1.807, 2.05) is 7.05 Å². The molecule has 0 fully saturated rings. The molecule has 0 amide bonds. The molecule has 0 aliphatic rings. The maximum Gasteiger partial charge on any atom is 0.00440 e. The zero-order valence-corrected chi connectivity index (χ0v) is 12.4. The molecule has 1 nitrogen and oxygen atoms in total. The van der Waals surface area contributed by atoms with Crippen molar-refractivity contribution in [3.05, 3.63) is 34.4 Å². The molecule has 0 heterocycles. The molecule has 1 atom stereocenters. The maximum atomic E-state index is 3.34. The van der Waals surface area contributed by atoms with Crippen molar-refractivity contribution in [3.63, 3.8) is 0 Å². The minimum atomic E-state index is 0.227. The smallest absolute Gasteiger partial charge is 0.00440 e. The van der Waals surface area contributed by atoms with Crippen molar-refractivity contribution >= 4 is 0 Å². The monoisotopic (exact) mass is 233 g/mol. The van der Waals surface area contributed by atoms with E-state index < -0.39 is 0 Å². The van der Waals surface area contributed by atoms with Gasteiger partial charge in [-0.25, -0.2) is 0 Å². The van der Waals surface area contributed by atoms with Crippen LogP contribution in [0.2, 0.25) is 0 Å². The third-order valence-corrected chi connectivity index (χ3v) is 3.88. The Labute approximate surface area is 107 Å². The normalized spacial score (nSPS) is 13.8. The summed E-state index contributed by atoms with van der Waals surface area (Å²) in [5, 5.41) is 3.34. The molecule has 1 unspecified atom stereocenters. The van der Waals surface area contributed by atoms with Gasteiger partial charge >= 0.3 is 0 Å². The predicted molar refractivity (Wildman–Crippen MR) is 76.8 cm³/mol. The summed E-state index contributed by atoms with van der Waals surface area (Å²) in [5.74, 6) is 0. The van der Waals surface area contributed by atoms with Crippen molar-refractivity contribution in [3.8, 4) is 0 Å². The first-order valence-corrected chi connectivity index (χ1v) is 6.53. The fraction of sp³-hybridized carbons (Fsp3) is 0.625. The first kappa shape index (κ1) is 14.2. The average Bonchev–Trinajstić information content (AvgIpc) is 2.22. The lowest BCUT2D eigenvalue weighted by Crippen LogP contribution is -2.31. The molecular weight excluding hydrogens is 206 g/mol. The van der Waals surface area contributed by atoms with E-state index in [2.05, 4.69) is 59.0 Å². The molecule has 0 bridgehead atoms. The summed E-state index contributed by atoms with van der Waals surface area (Å²) in [7, 11) is 2.04. The van der Waals surface area contributed by atoms with Crippen molar-refractivity contribution in [2.24, 2.45) is 0 Å². The summed E-state index contributed by atoms with van der Waals surface area (Å²) in [6.07, 6.45) is 1.16. The van der Waals surface area contributed by atoms with Gasteiger partial charge in [0.2, 0.25) is 0 Å². The van der Waals surface area contributed by atoms with Gasteiger partial charge in [0.25, 0.3) is 0 Å². The molecule has 0 spiro atoms. The van der Waals surface area contributed by atoms with Crippen LogP contribution in [0.15, 0.2) is 12.1 Å². The Kier molecular flexibility index (Phi) is 4.37. The lowest BCUT2D eigenvalue weighted by Gasteiger charge is -2.31. The van der Waals surface area contributed by atoms with Gasteiger partial charge in [-0.15, -0.1) is 0 Å². The topological polar surface area (TPSA) is 12.0 Å². The minimum Gasteiger partial charge on any atom is -0.317 e. The van der Waals surface area contributed by atoms with Crippen LogP contribution in [0.3, 0.4) is 0 Å². The number of rotatable bonds is 4. The Hall–Kier alpha value is -0.820. The van der Waals surface area contributed by atoms with Crippen LogP contribution in [-0.4, -0.2) is 13.1 Å². The van der Waals surface area contributed by atoms with Crippen molar-refractivity contribution in [1.29, 1.82) is 0 Å². The summed E-state index contributed by atoms with van der Waals surface area (Å²) in [6.45, 7) is 13.6. The molecule has 0 saturated heterocycles. The third-order valence-electron chi connectivity index (χ3n) is 3.88. The quantitative estimate of drug-likeness (QED) is 0.832. The molecule has 0 aliphatic heterocycles. The van der Waals surface area contributed by atoms with Gasteiger partial charge in [-0.3, -0.25) is 0 Å². The van der Waals surface area contributed by atoms with Gasteiger partial charge in [-0.2, -0.15) is 0 Å². The Balaban J connectivity index is 3.10. The Morgan fingerprint density at radius 2 is 1.59 bits per heavy atom. The van der Waals surface area contributed by atoms with E-state index in [0.29, 0.717) is 6.04 Å². The molecule has 0 saturated carbocycles. The summed E-state index contributed by atoms with van der Waals surface area (Å²) in [6, 6.07) is 5.23. The average molecular weight is 233 g/mol. The van der Waals surface area contributed by atoms with Gasteiger partial charge in [0.1, 0.15) is 0 Å². The fourth-order valence-electron chi connectivity index (χ4n) is 2.67. The van der Waals surface area contributed by atoms with Gasteiger partial charge in [0, 0.05) is 6.04 Å². The molecular formula is C16H27N. The van der Waals surface area contributed by atoms with Crippen LogP contribution in [0, 0.1) is 20.8 Å². The SMILES string of the molecule is CNC(C)CC(C)(C)c1cc(C)c(C)cc1C. The predicted octanol–water partition coefficient (Wildman–Crippen LogP) is 3.89. The molecule has 17 heavy (non-hydrogen) atoms. The highest BCUT2D eigenvalue weighted by Gasteiger charge is 2.24. The molecule has 0 aliphatic carbocycles. The second-order valence-corrected chi connectivity index (χ2v) is 6.03. The van der Waals surface area contributed by atoms with Crippen LogP contribution in [0.1, 0.15) is 49.4 Å². The summed E-state index contributed by atoms with van der Waals surface area (Å²) in [5.41, 5.74) is 5.92. The van der Waals surface area contributed by atoms with Crippen LogP contribution < -0.4 is 5.32 Å². The molecule has 0 aromatic heterocycles. The highest BCUT2D eigenvalue weighted by molar-refractivity contribution is 5.40. The van der Waals surface area contributed by atoms with E-state index in [1.54, 1.807) is 0 Å². The van der Waals surface area contributed by atoms with E-state index in [4.69, 9.17) is 0 Å². The first-order chi connectivity index (χ1) is 7.77. The van der Waals surface area contributed by atoms with Gasteiger partial charge < -0.3 is 5.32 Å². The number of hydrogen-bond acceptors (Lipinski definition) is 1. The Morgan fingerprint density at radius 3 is 2.12 bits per heavy atom. The minimum absolute atomic E-state index is 0.227. The van der Waals surface area contributed by atoms with Crippen molar-refractivity contribution < 1.29 is 0 Å². The highest BCUT2D eigenvalue weighted by atomic mass is 14.9. The number of hydrogen-bond donors (Lipinski definition) is 1. The van der Waals surface area contributed by atoms with Crippen molar-refractivity contribution in [2.75, 3.05) is 7.05 Å². The number of nitrogens with one attached hydrogen (secondary N) is 1. The zero-order valence-electron chi connectivity index (χ0n) is 12.4. The third kappa shape index (κ3) is 3.32. The number of benzene rings is 1. The van der Waals surface area contributed by atoms with E-state index in [9.17, 15) is 0 Å². The van der Waals surface area contributed by atoms with E-state index in [-0.39, 0.29) is 5.41 Å². The molecule has 96 valence electrons. The second kappa shape index (κ2) is 5.22. The first-order valence-electron chi connectivity index (χ1n) is 6.53. The molecule has 1 aromatic rings. The van der Waals surface area contributed by atoms with Gasteiger partial charge in [0.05, 0.1) is 0 Å². The summed E-state index contributed by atoms with van der Waals surface area (Å²) in [4.78, 5) is 0. The van der Waals surface area contributed by atoms with Crippen LogP contribution in [0.4, 0.5) is 0 Å². The molecule has 1 heteroatoms. The van der Waals surface area contributed by atoms with Gasteiger partial charge in [0.15, 0.2) is 0 Å². The maximum absolute atomic E-state index is 3.34. The highest BCUT2D eigenvalue weighted by Crippen LogP contribution is 2.32. The molecule has 1 aromatic carbocycles. The number of aryl methyl sites for hydroxylation is 3. The standard InChI is InChI=1S/C16H27N/c1-11-8-13(3)15(9-12(11)2)16(5,6)10-14(4)17-7/h8-9,14,17H,10H2,1-7H3. The van der Waals surface area contributed by atoms with Gasteiger partial charge in [-0.05, 0) is 68.8 Å². The Bertz CT molecular complexity index is 391. The zero-order chi connectivity index (χ0) is 13.2. The molecule has 1 rings (SSSR count). The summed E-state index contributed by atoms with van der Waals surface area (Å²) >= 11 is 0. The van der Waals surface area contributed by atoms with Crippen LogP contribution in [0.25, 0.3) is 0 Å². The lowest BCUT2D eigenvalue weighted by molar-refractivity contribution is 0.403. The fourth-order valence-corrected chi connectivity index (χ4v) is 2.67. The molecule has 1 N–H and O–H groups in total. The van der Waals surface area contributed by atoms with Crippen LogP contribution in [-0.2, 0) is 5.41 Å². The van der Waals surface area contributed by atoms with Crippen molar-refractivity contribution in [1.82, 2.24) is 5.32 Å². The summed E-state index contributed by atoms with van der Waals surface area (Å²) < 4.78 is 0. The lowest BCUT2D eigenvalue weighted by atomic mass is 9.76. The molecule has 0 radical (unpaired) electrons. The van der Waals surface area contributed by atoms with Crippen molar-refractivity contribution in [2.45, 2.75) is 59.4 Å². The van der Waals surface area contributed by atoms with Crippen LogP contribution >= 0.6 is 0 Å². The second-order valence-electron chi connectivity index (χ2n) is 6.03. The Morgan fingerprint density at radius 1 is 1.06 bits per heavy atom. The van der Waals surface area contributed by atoms with Gasteiger partial charge in [-0.1, -0.05) is 26.0 Å². The largest absolute Gasteiger partial charge is 0.317 e. The van der Waals surface area contributed by atoms with E-state index >= 15 is 0 Å². The van der Waals surface area contributed by atoms with E-state index in [1.165, 1.54) is 22.3 Å². The van der Waals surface area contributed by atoms with Crippen LogP contribution in [0.5, 0.6) is 0 Å². The van der Waals surface area contributed by atoms with E-state index in [0.717, 1.165) is 6.42 Å².